The minimum absolute atomic E-state index is 0.535. The van der Waals surface area contributed by atoms with Gasteiger partial charge in [0, 0.05) is 13.1 Å². The van der Waals surface area contributed by atoms with E-state index >= 15 is 0 Å². The van der Waals surface area contributed by atoms with Gasteiger partial charge in [-0.25, -0.2) is 9.29 Å². The molecule has 0 atom stereocenters. The van der Waals surface area contributed by atoms with E-state index in [1.54, 1.807) is 0 Å². The summed E-state index contributed by atoms with van der Waals surface area (Å²) in [4.78, 5) is 4.49. The number of hydrogen-bond acceptors (Lipinski definition) is 3. The van der Waals surface area contributed by atoms with E-state index in [9.17, 15) is 0 Å². The normalized spacial score (nSPS) is 17.4. The molecule has 1 aromatic rings. The van der Waals surface area contributed by atoms with Crippen molar-refractivity contribution < 1.29 is 0 Å². The molecule has 0 bridgehead atoms. The Labute approximate surface area is 89.6 Å². The highest BCUT2D eigenvalue weighted by atomic mass is 32.2. The third-order valence-electron chi connectivity index (χ3n) is 2.70. The molecule has 2 heterocycles. The second-order valence-electron chi connectivity index (χ2n) is 3.97. The topological polar surface area (TPSA) is 21.1 Å². The van der Waals surface area contributed by atoms with Gasteiger partial charge in [0.25, 0.3) is 0 Å². The van der Waals surface area contributed by atoms with Crippen molar-refractivity contribution in [3.63, 3.8) is 0 Å². The molecule has 0 fully saturated rings. The SMILES string of the molecule is CSN1CCn2cnc(C(C)C)c2C1. The highest BCUT2D eigenvalue weighted by molar-refractivity contribution is 7.96. The van der Waals surface area contributed by atoms with Crippen molar-refractivity contribution in [3.8, 4) is 0 Å². The monoisotopic (exact) mass is 211 g/mol. The van der Waals surface area contributed by atoms with E-state index in [0.717, 1.165) is 19.6 Å². The Kier molecular flexibility index (Phi) is 2.83. The fraction of sp³-hybridized carbons (Fsp3) is 0.700. The number of hydrogen-bond donors (Lipinski definition) is 0. The van der Waals surface area contributed by atoms with Crippen molar-refractivity contribution in [3.05, 3.63) is 17.7 Å². The van der Waals surface area contributed by atoms with E-state index in [0.29, 0.717) is 5.92 Å². The lowest BCUT2D eigenvalue weighted by Gasteiger charge is -2.26. The molecule has 0 aromatic carbocycles. The molecule has 0 saturated carbocycles. The Balaban J connectivity index is 2.28. The van der Waals surface area contributed by atoms with Crippen molar-refractivity contribution >= 4 is 11.9 Å². The van der Waals surface area contributed by atoms with E-state index in [1.165, 1.54) is 11.4 Å². The molecule has 2 rings (SSSR count). The van der Waals surface area contributed by atoms with Crippen molar-refractivity contribution in [2.24, 2.45) is 0 Å². The quantitative estimate of drug-likeness (QED) is 0.699. The van der Waals surface area contributed by atoms with E-state index in [1.807, 2.05) is 18.3 Å². The molecule has 0 aliphatic carbocycles. The second-order valence-corrected chi connectivity index (χ2v) is 4.85. The molecule has 0 N–H and O–H groups in total. The van der Waals surface area contributed by atoms with Gasteiger partial charge in [-0.2, -0.15) is 0 Å². The minimum Gasteiger partial charge on any atom is -0.332 e. The molecule has 1 aliphatic heterocycles. The molecule has 0 saturated heterocycles. The van der Waals surface area contributed by atoms with Gasteiger partial charge in [-0.1, -0.05) is 25.8 Å². The summed E-state index contributed by atoms with van der Waals surface area (Å²) in [6.45, 7) is 7.66. The maximum absolute atomic E-state index is 4.49. The molecule has 0 unspecified atom stereocenters. The van der Waals surface area contributed by atoms with Gasteiger partial charge in [-0.3, -0.25) is 0 Å². The van der Waals surface area contributed by atoms with Gasteiger partial charge in [-0.15, -0.1) is 0 Å². The molecule has 0 spiro atoms. The molecule has 0 amide bonds. The zero-order valence-corrected chi connectivity index (χ0v) is 9.84. The summed E-state index contributed by atoms with van der Waals surface area (Å²) in [5, 5.41) is 0. The lowest BCUT2D eigenvalue weighted by molar-refractivity contribution is 0.374. The smallest absolute Gasteiger partial charge is 0.0952 e. The lowest BCUT2D eigenvalue weighted by Crippen LogP contribution is -2.28. The fourth-order valence-corrected chi connectivity index (χ4v) is 2.41. The number of fused-ring (bicyclic) bond motifs is 1. The van der Waals surface area contributed by atoms with Crippen molar-refractivity contribution in [1.29, 1.82) is 0 Å². The first-order chi connectivity index (χ1) is 6.72. The van der Waals surface area contributed by atoms with Crippen LogP contribution in [0.15, 0.2) is 6.33 Å². The van der Waals surface area contributed by atoms with Crippen LogP contribution in [0.25, 0.3) is 0 Å². The molecule has 3 nitrogen and oxygen atoms in total. The van der Waals surface area contributed by atoms with E-state index in [-0.39, 0.29) is 0 Å². The average molecular weight is 211 g/mol. The predicted octanol–water partition coefficient (Wildman–Crippen LogP) is 2.10. The van der Waals surface area contributed by atoms with Crippen LogP contribution >= 0.6 is 11.9 Å². The van der Waals surface area contributed by atoms with Crippen LogP contribution in [0, 0.1) is 0 Å². The van der Waals surface area contributed by atoms with Gasteiger partial charge in [-0.05, 0) is 12.2 Å². The van der Waals surface area contributed by atoms with Gasteiger partial charge < -0.3 is 4.57 Å². The van der Waals surface area contributed by atoms with Crippen LogP contribution in [0.2, 0.25) is 0 Å². The summed E-state index contributed by atoms with van der Waals surface area (Å²) < 4.78 is 4.69. The third kappa shape index (κ3) is 1.68. The van der Waals surface area contributed by atoms with Crippen LogP contribution in [0.4, 0.5) is 0 Å². The van der Waals surface area contributed by atoms with Gasteiger partial charge >= 0.3 is 0 Å². The predicted molar refractivity (Wildman–Crippen MR) is 60.2 cm³/mol. The fourth-order valence-electron chi connectivity index (χ4n) is 1.89. The summed E-state index contributed by atoms with van der Waals surface area (Å²) >= 11 is 1.83. The van der Waals surface area contributed by atoms with Gasteiger partial charge in [0.1, 0.15) is 0 Å². The first-order valence-electron chi connectivity index (χ1n) is 5.05. The zero-order valence-electron chi connectivity index (χ0n) is 9.03. The first-order valence-corrected chi connectivity index (χ1v) is 6.23. The van der Waals surface area contributed by atoms with Crippen LogP contribution in [-0.4, -0.2) is 26.7 Å². The molecular weight excluding hydrogens is 194 g/mol. The number of rotatable bonds is 2. The summed E-state index contributed by atoms with van der Waals surface area (Å²) in [6, 6.07) is 0. The Morgan fingerprint density at radius 2 is 2.21 bits per heavy atom. The number of aromatic nitrogens is 2. The van der Waals surface area contributed by atoms with Crippen molar-refractivity contribution in [2.45, 2.75) is 32.9 Å². The number of nitrogens with zero attached hydrogens (tertiary/aromatic N) is 3. The molecule has 0 radical (unpaired) electrons. The Morgan fingerprint density at radius 1 is 1.43 bits per heavy atom. The summed E-state index contributed by atoms with van der Waals surface area (Å²) in [5.41, 5.74) is 2.67. The van der Waals surface area contributed by atoms with Crippen molar-refractivity contribution in [1.82, 2.24) is 13.9 Å². The maximum Gasteiger partial charge on any atom is 0.0952 e. The van der Waals surface area contributed by atoms with Crippen LogP contribution in [0.1, 0.15) is 31.2 Å². The Morgan fingerprint density at radius 3 is 2.86 bits per heavy atom. The van der Waals surface area contributed by atoms with Gasteiger partial charge in [0.2, 0.25) is 0 Å². The van der Waals surface area contributed by atoms with Crippen LogP contribution < -0.4 is 0 Å². The van der Waals surface area contributed by atoms with E-state index in [2.05, 4.69) is 34.0 Å². The van der Waals surface area contributed by atoms with E-state index in [4.69, 9.17) is 0 Å². The van der Waals surface area contributed by atoms with E-state index < -0.39 is 0 Å². The Bertz CT molecular complexity index is 319. The molecule has 1 aliphatic rings. The molecule has 4 heteroatoms. The van der Waals surface area contributed by atoms with Gasteiger partial charge in [0.05, 0.1) is 24.3 Å². The van der Waals surface area contributed by atoms with Crippen LogP contribution in [0.5, 0.6) is 0 Å². The highest BCUT2D eigenvalue weighted by Crippen LogP contribution is 2.24. The summed E-state index contributed by atoms with van der Waals surface area (Å²) in [7, 11) is 0. The highest BCUT2D eigenvalue weighted by Gasteiger charge is 2.20. The second kappa shape index (κ2) is 3.95. The summed E-state index contributed by atoms with van der Waals surface area (Å²) in [6.07, 6.45) is 4.13. The third-order valence-corrected chi connectivity index (χ3v) is 3.53. The summed E-state index contributed by atoms with van der Waals surface area (Å²) in [5.74, 6) is 0.535. The lowest BCUT2D eigenvalue weighted by atomic mass is 10.1. The van der Waals surface area contributed by atoms with Crippen LogP contribution in [-0.2, 0) is 13.1 Å². The first kappa shape index (κ1) is 10.1. The average Bonchev–Trinajstić information content (AvgIpc) is 2.59. The molecule has 1 aromatic heterocycles. The number of imidazole rings is 1. The molecule has 14 heavy (non-hydrogen) atoms. The molecule has 78 valence electrons. The van der Waals surface area contributed by atoms with Crippen molar-refractivity contribution in [2.75, 3.05) is 12.8 Å². The Hall–Kier alpha value is -0.480. The standard InChI is InChI=1S/C10H17N3S/c1-8(2)10-9-6-13(14-3)5-4-12(9)7-11-10/h7-8H,4-6H2,1-3H3. The van der Waals surface area contributed by atoms with Crippen LogP contribution in [0.3, 0.4) is 0 Å². The minimum atomic E-state index is 0.535. The maximum atomic E-state index is 4.49. The zero-order chi connectivity index (χ0) is 10.1. The molecular formula is C10H17N3S. The largest absolute Gasteiger partial charge is 0.332 e. The van der Waals surface area contributed by atoms with Gasteiger partial charge in [0.15, 0.2) is 0 Å².